The smallest absolute Gasteiger partial charge is 0.175 e. The highest BCUT2D eigenvalue weighted by molar-refractivity contribution is 7.90. The van der Waals surface area contributed by atoms with Gasteiger partial charge in [-0.15, -0.1) is 11.3 Å². The maximum absolute atomic E-state index is 13.1. The molecule has 23 heavy (non-hydrogen) atoms. The van der Waals surface area contributed by atoms with E-state index in [1.54, 1.807) is 36.4 Å². The van der Waals surface area contributed by atoms with Crippen molar-refractivity contribution in [3.05, 3.63) is 59.4 Å². The second-order valence-corrected chi connectivity index (χ2v) is 8.43. The molecule has 0 N–H and O–H groups in total. The number of hydrogen-bond donors (Lipinski definition) is 0. The highest BCUT2D eigenvalue weighted by Gasteiger charge is 2.14. The first-order valence-corrected chi connectivity index (χ1v) is 9.59. The molecule has 0 spiro atoms. The fraction of sp³-hybridized carbons (Fsp3) is 0.118. The third-order valence-electron chi connectivity index (χ3n) is 3.40. The monoisotopic (exact) mass is 347 g/mol. The molecule has 3 rings (SSSR count). The molecule has 0 aliphatic heterocycles. The van der Waals surface area contributed by atoms with Gasteiger partial charge in [-0.25, -0.2) is 17.8 Å². The first-order valence-electron chi connectivity index (χ1n) is 6.88. The van der Waals surface area contributed by atoms with Crippen LogP contribution in [0.15, 0.2) is 53.4 Å². The average Bonchev–Trinajstić information content (AvgIpc) is 2.89. The molecule has 0 aliphatic carbocycles. The van der Waals surface area contributed by atoms with Crippen LogP contribution in [0.3, 0.4) is 0 Å². The number of nitrogens with zero attached hydrogens (tertiary/aromatic N) is 1. The van der Waals surface area contributed by atoms with Crippen molar-refractivity contribution in [3.63, 3.8) is 0 Å². The van der Waals surface area contributed by atoms with Gasteiger partial charge in [0.15, 0.2) is 9.84 Å². The van der Waals surface area contributed by atoms with Gasteiger partial charge in [-0.2, -0.15) is 0 Å². The van der Waals surface area contributed by atoms with Gasteiger partial charge in [0.05, 0.1) is 20.5 Å². The molecular weight excluding hydrogens is 333 g/mol. The fourth-order valence-electron chi connectivity index (χ4n) is 2.28. The first kappa shape index (κ1) is 15.8. The topological polar surface area (TPSA) is 47.0 Å². The van der Waals surface area contributed by atoms with Crippen LogP contribution in [-0.4, -0.2) is 19.7 Å². The molecule has 2 aromatic carbocycles. The predicted octanol–water partition coefficient (Wildman–Crippen LogP) is 4.33. The molecule has 0 fully saturated rings. The molecule has 1 aromatic heterocycles. The summed E-state index contributed by atoms with van der Waals surface area (Å²) in [6, 6.07) is 12.9. The molecule has 118 valence electrons. The maximum Gasteiger partial charge on any atom is 0.175 e. The van der Waals surface area contributed by atoms with Gasteiger partial charge in [0, 0.05) is 11.8 Å². The molecule has 0 unspecified atom stereocenters. The Balaban J connectivity index is 2.09. The van der Waals surface area contributed by atoms with Crippen LogP contribution >= 0.6 is 11.3 Å². The number of aryl methyl sites for hydroxylation is 1. The Labute approximate surface area is 138 Å². The zero-order chi connectivity index (χ0) is 16.6. The van der Waals surface area contributed by atoms with E-state index >= 15 is 0 Å². The van der Waals surface area contributed by atoms with Gasteiger partial charge in [-0.3, -0.25) is 0 Å². The van der Waals surface area contributed by atoms with Crippen LogP contribution in [0.25, 0.3) is 21.7 Å². The van der Waals surface area contributed by atoms with E-state index in [0.717, 1.165) is 26.7 Å². The van der Waals surface area contributed by atoms with Crippen LogP contribution in [-0.2, 0) is 9.84 Å². The third-order valence-corrected chi connectivity index (χ3v) is 5.54. The minimum Gasteiger partial charge on any atom is -0.241 e. The van der Waals surface area contributed by atoms with E-state index in [2.05, 4.69) is 4.98 Å². The van der Waals surface area contributed by atoms with Crippen molar-refractivity contribution in [2.75, 3.05) is 6.26 Å². The summed E-state index contributed by atoms with van der Waals surface area (Å²) >= 11 is 1.53. The molecule has 0 saturated carbocycles. The van der Waals surface area contributed by atoms with Gasteiger partial charge in [0.1, 0.15) is 5.82 Å². The van der Waals surface area contributed by atoms with Gasteiger partial charge in [0.25, 0.3) is 0 Å². The summed E-state index contributed by atoms with van der Waals surface area (Å²) in [5, 5.41) is 0.895. The quantitative estimate of drug-likeness (QED) is 0.708. The number of thiazole rings is 1. The van der Waals surface area contributed by atoms with Crippen LogP contribution in [0, 0.1) is 12.7 Å². The lowest BCUT2D eigenvalue weighted by atomic mass is 10.1. The van der Waals surface area contributed by atoms with E-state index in [0.29, 0.717) is 0 Å². The standard InChI is InChI=1S/C17H14FNO2S2/c1-11-19-16(12-5-9-15(10-6-12)23(2,20)21)17(22-11)13-3-7-14(18)8-4-13/h3-10H,1-2H3. The lowest BCUT2D eigenvalue weighted by molar-refractivity contribution is 0.602. The molecular formula is C17H14FNO2S2. The summed E-state index contributed by atoms with van der Waals surface area (Å²) in [6.45, 7) is 1.91. The zero-order valence-corrected chi connectivity index (χ0v) is 14.2. The van der Waals surface area contributed by atoms with Crippen molar-refractivity contribution in [2.45, 2.75) is 11.8 Å². The Morgan fingerprint density at radius 3 is 2.09 bits per heavy atom. The van der Waals surface area contributed by atoms with Crippen LogP contribution in [0.2, 0.25) is 0 Å². The van der Waals surface area contributed by atoms with Crippen molar-refractivity contribution < 1.29 is 12.8 Å². The largest absolute Gasteiger partial charge is 0.241 e. The number of hydrogen-bond acceptors (Lipinski definition) is 4. The van der Waals surface area contributed by atoms with Crippen LogP contribution in [0.5, 0.6) is 0 Å². The van der Waals surface area contributed by atoms with E-state index in [1.807, 2.05) is 6.92 Å². The van der Waals surface area contributed by atoms with Gasteiger partial charge in [0.2, 0.25) is 0 Å². The molecule has 0 atom stereocenters. The minimum absolute atomic E-state index is 0.275. The Morgan fingerprint density at radius 1 is 0.957 bits per heavy atom. The first-order chi connectivity index (χ1) is 10.8. The summed E-state index contributed by atoms with van der Waals surface area (Å²) < 4.78 is 36.2. The van der Waals surface area contributed by atoms with Crippen LogP contribution < -0.4 is 0 Å². The average molecular weight is 347 g/mol. The maximum atomic E-state index is 13.1. The Hall–Kier alpha value is -2.05. The molecule has 0 bridgehead atoms. The molecule has 6 heteroatoms. The normalized spacial score (nSPS) is 11.6. The Morgan fingerprint density at radius 2 is 1.52 bits per heavy atom. The summed E-state index contributed by atoms with van der Waals surface area (Å²) in [5.74, 6) is -0.283. The molecule has 0 saturated heterocycles. The highest BCUT2D eigenvalue weighted by Crippen LogP contribution is 2.36. The third kappa shape index (κ3) is 3.33. The molecule has 0 amide bonds. The van der Waals surface area contributed by atoms with E-state index in [-0.39, 0.29) is 10.7 Å². The predicted molar refractivity (Wildman–Crippen MR) is 90.8 cm³/mol. The summed E-state index contributed by atoms with van der Waals surface area (Å²) in [6.07, 6.45) is 1.18. The van der Waals surface area contributed by atoms with Gasteiger partial charge in [-0.05, 0) is 36.8 Å². The summed E-state index contributed by atoms with van der Waals surface area (Å²) in [7, 11) is -3.22. The van der Waals surface area contributed by atoms with E-state index in [9.17, 15) is 12.8 Å². The highest BCUT2D eigenvalue weighted by atomic mass is 32.2. The summed E-state index contributed by atoms with van der Waals surface area (Å²) in [4.78, 5) is 5.76. The minimum atomic E-state index is -3.22. The molecule has 3 aromatic rings. The van der Waals surface area contributed by atoms with E-state index in [4.69, 9.17) is 0 Å². The molecule has 0 aliphatic rings. The Bertz CT molecular complexity index is 943. The SMILES string of the molecule is Cc1nc(-c2ccc(S(C)(=O)=O)cc2)c(-c2ccc(F)cc2)s1. The van der Waals surface area contributed by atoms with Crippen molar-refractivity contribution in [1.82, 2.24) is 4.98 Å². The lowest BCUT2D eigenvalue weighted by Gasteiger charge is -2.04. The van der Waals surface area contributed by atoms with Crippen LogP contribution in [0.4, 0.5) is 4.39 Å². The number of rotatable bonds is 3. The fourth-order valence-corrected chi connectivity index (χ4v) is 3.86. The van der Waals surface area contributed by atoms with Crippen molar-refractivity contribution >= 4 is 21.2 Å². The molecule has 1 heterocycles. The zero-order valence-electron chi connectivity index (χ0n) is 12.6. The van der Waals surface area contributed by atoms with Gasteiger partial charge in [-0.1, -0.05) is 24.3 Å². The van der Waals surface area contributed by atoms with Crippen molar-refractivity contribution in [1.29, 1.82) is 0 Å². The van der Waals surface area contributed by atoms with Crippen LogP contribution in [0.1, 0.15) is 5.01 Å². The van der Waals surface area contributed by atoms with E-state index in [1.165, 1.54) is 29.7 Å². The second-order valence-electron chi connectivity index (χ2n) is 5.21. The van der Waals surface area contributed by atoms with Crippen molar-refractivity contribution in [3.8, 4) is 21.7 Å². The lowest BCUT2D eigenvalue weighted by Crippen LogP contribution is -1.96. The number of halogens is 1. The van der Waals surface area contributed by atoms with E-state index < -0.39 is 9.84 Å². The second kappa shape index (κ2) is 5.86. The molecule has 0 radical (unpaired) electrons. The number of aromatic nitrogens is 1. The van der Waals surface area contributed by atoms with Gasteiger partial charge < -0.3 is 0 Å². The Kier molecular flexibility index (Phi) is 4.04. The number of benzene rings is 2. The van der Waals surface area contributed by atoms with Gasteiger partial charge >= 0.3 is 0 Å². The van der Waals surface area contributed by atoms with Crippen molar-refractivity contribution in [2.24, 2.45) is 0 Å². The number of sulfone groups is 1. The summed E-state index contributed by atoms with van der Waals surface area (Å²) in [5.41, 5.74) is 2.50. The molecule has 3 nitrogen and oxygen atoms in total.